The quantitative estimate of drug-likeness (QED) is 0.406. The topological polar surface area (TPSA) is 0 Å². The van der Waals surface area contributed by atoms with Gasteiger partial charge in [0.05, 0.1) is 0 Å². The van der Waals surface area contributed by atoms with Crippen molar-refractivity contribution < 1.29 is 34.1 Å². The van der Waals surface area contributed by atoms with E-state index in [1.54, 1.807) is 0 Å². The van der Waals surface area contributed by atoms with Gasteiger partial charge in [0.2, 0.25) is 0 Å². The van der Waals surface area contributed by atoms with Gasteiger partial charge in [-0.3, -0.25) is 0 Å². The molecule has 0 aromatic carbocycles. The van der Waals surface area contributed by atoms with E-state index < -0.39 is 0 Å². The Hall–Kier alpha value is 1.32. The number of rotatable bonds is 0. The molecule has 0 rings (SSSR count). The molecule has 0 heterocycles. The first-order chi connectivity index (χ1) is 0. The third-order valence-corrected chi connectivity index (χ3v) is 0. The Labute approximate surface area is 53.7 Å². The molecular weight excluding hydrogens is 158 g/mol. The average Bonchev–Trinajstić information content (AvgIpc) is 0. The fourth-order valence-corrected chi connectivity index (χ4v) is 0. The van der Waals surface area contributed by atoms with Crippen molar-refractivity contribution in [3.8, 4) is 0 Å². The zero-order chi connectivity index (χ0) is 0. The zero-order valence-electron chi connectivity index (χ0n) is 1.73. The molecule has 0 saturated heterocycles. The molecule has 0 unspecified atom stereocenters. The summed E-state index contributed by atoms with van der Waals surface area (Å²) in [7, 11) is 0. The van der Waals surface area contributed by atoms with Crippen LogP contribution in [0.2, 0.25) is 0 Å². The van der Waals surface area contributed by atoms with Gasteiger partial charge in [0.15, 0.2) is 0 Å². The van der Waals surface area contributed by atoms with Gasteiger partial charge in [0, 0.05) is 53.5 Å². The molecule has 0 aliphatic carbocycles. The first-order valence-corrected chi connectivity index (χ1v) is 0. The van der Waals surface area contributed by atoms with Crippen LogP contribution in [0.4, 0.5) is 0 Å². The van der Waals surface area contributed by atoms with Crippen molar-refractivity contribution in [3.63, 3.8) is 0 Å². The molecule has 8 radical (unpaired) electrons. The van der Waals surface area contributed by atoms with Crippen LogP contribution in [0, 0.1) is 0 Å². The van der Waals surface area contributed by atoms with E-state index >= 15 is 0 Å². The first-order valence-electron chi connectivity index (χ1n) is 0. The Morgan fingerprint density at radius 2 is 1.00 bits per heavy atom. The maximum Gasteiger partial charge on any atom is 0 e. The van der Waals surface area contributed by atoms with Crippen molar-refractivity contribution >= 4 is 19.4 Å². The molecule has 0 bridgehead atoms. The van der Waals surface area contributed by atoms with Crippen molar-refractivity contribution in [2.24, 2.45) is 0 Å². The summed E-state index contributed by atoms with van der Waals surface area (Å²) < 4.78 is 0. The van der Waals surface area contributed by atoms with Crippen molar-refractivity contribution in [2.45, 2.75) is 0 Å². The maximum absolute atomic E-state index is 0. The number of hydrogen-bond donors (Lipinski definition) is 0. The van der Waals surface area contributed by atoms with E-state index in [0.29, 0.717) is 0 Å². The molecule has 4 heteroatoms. The van der Waals surface area contributed by atoms with Crippen molar-refractivity contribution in [3.05, 3.63) is 0 Å². The van der Waals surface area contributed by atoms with Gasteiger partial charge in [-0.1, -0.05) is 0 Å². The SMILES string of the molecule is [B].[Cu].[Fe].[Si]. The van der Waals surface area contributed by atoms with Crippen LogP contribution in [-0.4, -0.2) is 19.4 Å². The monoisotopic (exact) mass is 158 g/mol. The van der Waals surface area contributed by atoms with E-state index in [9.17, 15) is 0 Å². The van der Waals surface area contributed by atoms with Crippen molar-refractivity contribution in [1.82, 2.24) is 0 Å². The Morgan fingerprint density at radius 3 is 1.00 bits per heavy atom. The minimum Gasteiger partial charge on any atom is 0 e. The Kier molecular flexibility index (Phi) is 389. The Morgan fingerprint density at radius 1 is 1.00 bits per heavy atom. The second kappa shape index (κ2) is 27.3. The molecular formula is BCuFeSi. The molecule has 0 nitrogen and oxygen atoms in total. The number of hydrogen-bond acceptors (Lipinski definition) is 0. The summed E-state index contributed by atoms with van der Waals surface area (Å²) in [4.78, 5) is 0. The molecule has 0 aromatic heterocycles. The van der Waals surface area contributed by atoms with E-state index in [1.165, 1.54) is 0 Å². The van der Waals surface area contributed by atoms with Crippen molar-refractivity contribution in [2.75, 3.05) is 0 Å². The van der Waals surface area contributed by atoms with Crippen LogP contribution < -0.4 is 0 Å². The molecule has 0 atom stereocenters. The summed E-state index contributed by atoms with van der Waals surface area (Å²) in [5, 5.41) is 0. The molecule has 0 N–H and O–H groups in total. The van der Waals surface area contributed by atoms with Crippen LogP contribution in [0.25, 0.3) is 0 Å². The first kappa shape index (κ1) is 56.9. The third kappa shape index (κ3) is 10.3. The predicted octanol–water partition coefficient (Wildman–Crippen LogP) is -0.767. The molecule has 0 aromatic rings. The maximum atomic E-state index is 0. The molecule has 4 heavy (non-hydrogen) atoms. The molecule has 0 amide bonds. The molecule has 0 saturated carbocycles. The van der Waals surface area contributed by atoms with E-state index in [2.05, 4.69) is 0 Å². The van der Waals surface area contributed by atoms with Crippen LogP contribution in [0.3, 0.4) is 0 Å². The van der Waals surface area contributed by atoms with Gasteiger partial charge in [-0.2, -0.15) is 0 Å². The van der Waals surface area contributed by atoms with Crippen molar-refractivity contribution in [1.29, 1.82) is 0 Å². The fraction of sp³-hybridized carbons (Fsp3) is 0. The van der Waals surface area contributed by atoms with Crippen LogP contribution in [0.1, 0.15) is 0 Å². The molecule has 26 valence electrons. The normalized spacial score (nSPS) is 0. The van der Waals surface area contributed by atoms with Crippen LogP contribution in [0.5, 0.6) is 0 Å². The summed E-state index contributed by atoms with van der Waals surface area (Å²) >= 11 is 0. The summed E-state index contributed by atoms with van der Waals surface area (Å²) in [6, 6.07) is 0. The fourth-order valence-electron chi connectivity index (χ4n) is 0. The smallest absolute Gasteiger partial charge is 0 e. The second-order valence-corrected chi connectivity index (χ2v) is 0. The summed E-state index contributed by atoms with van der Waals surface area (Å²) in [5.74, 6) is 0. The molecule has 0 aliphatic heterocycles. The molecule has 0 spiro atoms. The third-order valence-electron chi connectivity index (χ3n) is 0. The van der Waals surface area contributed by atoms with Gasteiger partial charge >= 0.3 is 0 Å². The van der Waals surface area contributed by atoms with Gasteiger partial charge in [-0.25, -0.2) is 0 Å². The predicted molar refractivity (Wildman–Crippen MR) is 11.5 cm³/mol. The average molecular weight is 158 g/mol. The van der Waals surface area contributed by atoms with Gasteiger partial charge < -0.3 is 0 Å². The van der Waals surface area contributed by atoms with Crippen LogP contribution in [-0.2, 0) is 34.1 Å². The second-order valence-electron chi connectivity index (χ2n) is 0. The minimum absolute atomic E-state index is 0. The van der Waals surface area contributed by atoms with E-state index in [0.717, 1.165) is 0 Å². The van der Waals surface area contributed by atoms with E-state index in [1.807, 2.05) is 0 Å². The summed E-state index contributed by atoms with van der Waals surface area (Å²) in [6.07, 6.45) is 0. The summed E-state index contributed by atoms with van der Waals surface area (Å²) in [5.41, 5.74) is 0. The Bertz CT molecular complexity index is 8.00. The molecule has 0 aliphatic rings. The van der Waals surface area contributed by atoms with Crippen LogP contribution >= 0.6 is 0 Å². The van der Waals surface area contributed by atoms with Gasteiger partial charge in [-0.05, 0) is 0 Å². The zero-order valence-corrected chi connectivity index (χ0v) is 4.78. The van der Waals surface area contributed by atoms with E-state index in [-0.39, 0.29) is 53.5 Å². The van der Waals surface area contributed by atoms with Gasteiger partial charge in [0.25, 0.3) is 0 Å². The largest absolute Gasteiger partial charge is 0 e. The van der Waals surface area contributed by atoms with E-state index in [4.69, 9.17) is 0 Å². The van der Waals surface area contributed by atoms with Crippen LogP contribution in [0.15, 0.2) is 0 Å². The van der Waals surface area contributed by atoms with Gasteiger partial charge in [0.1, 0.15) is 0 Å². The van der Waals surface area contributed by atoms with Gasteiger partial charge in [-0.15, -0.1) is 0 Å². The minimum atomic E-state index is 0. The Balaban J connectivity index is 0. The standard InChI is InChI=1S/B.Cu.Fe.Si. The summed E-state index contributed by atoms with van der Waals surface area (Å²) in [6.45, 7) is 0. The molecule has 0 fully saturated rings.